The molecule has 3 saturated carbocycles. The first kappa shape index (κ1) is 13.0. The van der Waals surface area contributed by atoms with Gasteiger partial charge in [-0.3, -0.25) is 0 Å². The maximum Gasteiger partial charge on any atom is 0.0126 e. The highest BCUT2D eigenvalue weighted by atomic mass is 14.9. The van der Waals surface area contributed by atoms with Crippen LogP contribution in [0, 0.1) is 23.7 Å². The van der Waals surface area contributed by atoms with Crippen molar-refractivity contribution in [3.8, 4) is 0 Å². The molecule has 0 aromatic heterocycles. The van der Waals surface area contributed by atoms with E-state index in [9.17, 15) is 0 Å². The topological polar surface area (TPSA) is 12.0 Å². The van der Waals surface area contributed by atoms with E-state index >= 15 is 0 Å². The van der Waals surface area contributed by atoms with Crippen molar-refractivity contribution in [3.05, 3.63) is 0 Å². The second-order valence-electron chi connectivity index (χ2n) is 7.17. The molecule has 0 aromatic rings. The van der Waals surface area contributed by atoms with Crippen molar-refractivity contribution in [3.63, 3.8) is 0 Å². The summed E-state index contributed by atoms with van der Waals surface area (Å²) >= 11 is 0. The van der Waals surface area contributed by atoms with Crippen LogP contribution in [0.2, 0.25) is 0 Å². The van der Waals surface area contributed by atoms with Gasteiger partial charge >= 0.3 is 0 Å². The summed E-state index contributed by atoms with van der Waals surface area (Å²) in [4.78, 5) is 0. The van der Waals surface area contributed by atoms with Gasteiger partial charge in [0, 0.05) is 6.04 Å². The minimum Gasteiger partial charge on any atom is -0.314 e. The summed E-state index contributed by atoms with van der Waals surface area (Å²) in [5.74, 6) is 4.22. The van der Waals surface area contributed by atoms with E-state index in [-0.39, 0.29) is 0 Å². The van der Waals surface area contributed by atoms with Gasteiger partial charge in [0.2, 0.25) is 0 Å². The fraction of sp³-hybridized carbons (Fsp3) is 1.00. The Morgan fingerprint density at radius 2 is 1.72 bits per heavy atom. The third-order valence-corrected chi connectivity index (χ3v) is 6.10. The highest BCUT2D eigenvalue weighted by Gasteiger charge is 2.44. The predicted octanol–water partition coefficient (Wildman–Crippen LogP) is 4.37. The molecule has 2 bridgehead atoms. The molecule has 0 aliphatic heterocycles. The molecule has 1 nitrogen and oxygen atoms in total. The Morgan fingerprint density at radius 1 is 0.944 bits per heavy atom. The molecule has 0 aromatic carbocycles. The molecule has 3 aliphatic rings. The van der Waals surface area contributed by atoms with Crippen LogP contribution in [-0.4, -0.2) is 12.6 Å². The largest absolute Gasteiger partial charge is 0.314 e. The molecule has 0 saturated heterocycles. The Kier molecular flexibility index (Phi) is 4.28. The van der Waals surface area contributed by atoms with E-state index in [1.807, 2.05) is 0 Å². The molecule has 0 amide bonds. The van der Waals surface area contributed by atoms with E-state index in [4.69, 9.17) is 0 Å². The minimum absolute atomic E-state index is 0.864. The molecule has 0 heterocycles. The van der Waals surface area contributed by atoms with Gasteiger partial charge in [0.25, 0.3) is 0 Å². The van der Waals surface area contributed by atoms with E-state index in [2.05, 4.69) is 12.2 Å². The van der Waals surface area contributed by atoms with E-state index in [0.29, 0.717) is 0 Å². The van der Waals surface area contributed by atoms with E-state index < -0.39 is 0 Å². The molecule has 0 spiro atoms. The Balaban J connectivity index is 1.66. The van der Waals surface area contributed by atoms with Gasteiger partial charge in [-0.1, -0.05) is 39.0 Å². The molecule has 1 heteroatoms. The first-order valence-corrected chi connectivity index (χ1v) is 8.62. The second kappa shape index (κ2) is 5.94. The Hall–Kier alpha value is -0.0400. The van der Waals surface area contributed by atoms with Gasteiger partial charge < -0.3 is 5.32 Å². The first-order valence-electron chi connectivity index (χ1n) is 8.62. The molecule has 3 aliphatic carbocycles. The summed E-state index contributed by atoms with van der Waals surface area (Å²) in [7, 11) is 0. The van der Waals surface area contributed by atoms with Gasteiger partial charge in [-0.2, -0.15) is 0 Å². The number of nitrogens with one attached hydrogen (secondary N) is 1. The van der Waals surface area contributed by atoms with Gasteiger partial charge in [0.15, 0.2) is 0 Å². The average molecular weight is 249 g/mol. The molecule has 104 valence electrons. The van der Waals surface area contributed by atoms with Crippen LogP contribution in [0.3, 0.4) is 0 Å². The maximum atomic E-state index is 3.91. The molecule has 4 unspecified atom stereocenters. The monoisotopic (exact) mass is 249 g/mol. The van der Waals surface area contributed by atoms with Gasteiger partial charge in [-0.25, -0.2) is 0 Å². The lowest BCUT2D eigenvalue weighted by Gasteiger charge is -2.36. The van der Waals surface area contributed by atoms with Gasteiger partial charge in [0.1, 0.15) is 0 Å². The van der Waals surface area contributed by atoms with Crippen LogP contribution in [0.25, 0.3) is 0 Å². The van der Waals surface area contributed by atoms with Crippen LogP contribution in [0.4, 0.5) is 0 Å². The summed E-state index contributed by atoms with van der Waals surface area (Å²) in [5, 5.41) is 3.91. The van der Waals surface area contributed by atoms with Gasteiger partial charge in [0.05, 0.1) is 0 Å². The van der Waals surface area contributed by atoms with Gasteiger partial charge in [-0.05, 0) is 62.3 Å². The lowest BCUT2D eigenvalue weighted by molar-refractivity contribution is 0.180. The average Bonchev–Trinajstić information content (AvgIpc) is 2.91. The highest BCUT2D eigenvalue weighted by Crippen LogP contribution is 2.51. The molecular weight excluding hydrogens is 218 g/mol. The fourth-order valence-corrected chi connectivity index (χ4v) is 5.31. The maximum absolute atomic E-state index is 3.91. The number of hydrogen-bond donors (Lipinski definition) is 1. The standard InChI is InChI=1S/C17H31N/c1-2-18-17(14-7-5-3-4-6-8-14)16-12-13-9-10-15(16)11-13/h13-18H,2-12H2,1H3. The lowest BCUT2D eigenvalue weighted by atomic mass is 9.75. The van der Waals surface area contributed by atoms with Crippen LogP contribution in [-0.2, 0) is 0 Å². The zero-order chi connectivity index (χ0) is 12.4. The smallest absolute Gasteiger partial charge is 0.0126 e. The van der Waals surface area contributed by atoms with E-state index in [1.165, 1.54) is 45.1 Å². The van der Waals surface area contributed by atoms with Crippen LogP contribution < -0.4 is 5.32 Å². The van der Waals surface area contributed by atoms with Crippen LogP contribution in [0.1, 0.15) is 71.1 Å². The van der Waals surface area contributed by atoms with Crippen LogP contribution in [0.15, 0.2) is 0 Å². The van der Waals surface area contributed by atoms with Crippen molar-refractivity contribution in [1.29, 1.82) is 0 Å². The zero-order valence-corrected chi connectivity index (χ0v) is 12.2. The van der Waals surface area contributed by atoms with Crippen LogP contribution in [0.5, 0.6) is 0 Å². The summed E-state index contributed by atoms with van der Waals surface area (Å²) in [5.41, 5.74) is 0. The number of rotatable bonds is 4. The summed E-state index contributed by atoms with van der Waals surface area (Å²) in [6.07, 6.45) is 15.2. The Bertz CT molecular complexity index is 254. The molecule has 0 radical (unpaired) electrons. The van der Waals surface area contributed by atoms with Crippen molar-refractivity contribution >= 4 is 0 Å². The quantitative estimate of drug-likeness (QED) is 0.729. The second-order valence-corrected chi connectivity index (χ2v) is 7.17. The summed E-state index contributed by atoms with van der Waals surface area (Å²) in [6.45, 7) is 3.48. The number of fused-ring (bicyclic) bond motifs is 2. The van der Waals surface area contributed by atoms with Crippen molar-refractivity contribution < 1.29 is 0 Å². The zero-order valence-electron chi connectivity index (χ0n) is 12.2. The lowest BCUT2D eigenvalue weighted by Crippen LogP contribution is -2.44. The molecule has 3 rings (SSSR count). The van der Waals surface area contributed by atoms with Crippen molar-refractivity contribution in [1.82, 2.24) is 5.32 Å². The van der Waals surface area contributed by atoms with Crippen molar-refractivity contribution in [2.24, 2.45) is 23.7 Å². The molecule has 3 fully saturated rings. The highest BCUT2D eigenvalue weighted by molar-refractivity contribution is 4.97. The van der Waals surface area contributed by atoms with E-state index in [1.54, 1.807) is 25.7 Å². The third-order valence-electron chi connectivity index (χ3n) is 6.10. The van der Waals surface area contributed by atoms with E-state index in [0.717, 1.165) is 29.7 Å². The first-order chi connectivity index (χ1) is 8.88. The van der Waals surface area contributed by atoms with Gasteiger partial charge in [-0.15, -0.1) is 0 Å². The third kappa shape index (κ3) is 2.61. The summed E-state index contributed by atoms with van der Waals surface area (Å²) < 4.78 is 0. The van der Waals surface area contributed by atoms with Crippen molar-refractivity contribution in [2.75, 3.05) is 6.54 Å². The normalized spacial score (nSPS) is 38.8. The predicted molar refractivity (Wildman–Crippen MR) is 77.6 cm³/mol. The molecule has 4 atom stereocenters. The molecule has 1 N–H and O–H groups in total. The summed E-state index contributed by atoms with van der Waals surface area (Å²) in [6, 6.07) is 0.864. The SMILES string of the molecule is CCNC(C1CCCCCC1)C1CC2CCC1C2. The van der Waals surface area contributed by atoms with Crippen molar-refractivity contribution in [2.45, 2.75) is 77.2 Å². The Labute approximate surface area is 113 Å². The van der Waals surface area contributed by atoms with Crippen LogP contribution >= 0.6 is 0 Å². The molecule has 18 heavy (non-hydrogen) atoms. The molecular formula is C17H31N. The Morgan fingerprint density at radius 3 is 2.28 bits per heavy atom. The minimum atomic E-state index is 0.864. The number of hydrogen-bond acceptors (Lipinski definition) is 1. The fourth-order valence-electron chi connectivity index (χ4n) is 5.31.